The summed E-state index contributed by atoms with van der Waals surface area (Å²) in [5.74, 6) is -0.764. The Kier molecular flexibility index (Phi) is 4.98. The van der Waals surface area contributed by atoms with Crippen LogP contribution >= 0.6 is 11.6 Å². The van der Waals surface area contributed by atoms with Crippen molar-refractivity contribution in [1.29, 1.82) is 0 Å². The van der Waals surface area contributed by atoms with Crippen LogP contribution in [0.4, 0.5) is 4.39 Å². The average molecular weight is 328 g/mol. The van der Waals surface area contributed by atoms with Crippen molar-refractivity contribution in [2.75, 3.05) is 0 Å². The van der Waals surface area contributed by atoms with Crippen LogP contribution in [-0.4, -0.2) is 14.5 Å². The zero-order valence-corrected chi connectivity index (χ0v) is 13.0. The Balaban J connectivity index is 2.12. The molecule has 112 valence electrons. The van der Waals surface area contributed by atoms with E-state index < -0.39 is 15.8 Å². The van der Waals surface area contributed by atoms with E-state index >= 15 is 0 Å². The average Bonchev–Trinajstić information content (AvgIpc) is 2.38. The molecule has 0 amide bonds. The molecule has 0 aliphatic carbocycles. The first-order valence-electron chi connectivity index (χ1n) is 6.40. The molecular formula is C15H15ClFNO2S. The second-order valence-electron chi connectivity index (χ2n) is 4.79. The smallest absolute Gasteiger partial charge is 0.208 e. The normalized spacial score (nSPS) is 13.1. The van der Waals surface area contributed by atoms with E-state index in [-0.39, 0.29) is 10.9 Å². The van der Waals surface area contributed by atoms with Crippen molar-refractivity contribution in [3.8, 4) is 0 Å². The lowest BCUT2D eigenvalue weighted by Crippen LogP contribution is -2.34. The molecule has 0 aliphatic heterocycles. The van der Waals surface area contributed by atoms with Crippen molar-refractivity contribution in [1.82, 2.24) is 4.72 Å². The first-order chi connectivity index (χ1) is 9.88. The van der Waals surface area contributed by atoms with Crippen LogP contribution < -0.4 is 4.72 Å². The third-order valence-corrected chi connectivity index (χ3v) is 4.77. The highest BCUT2D eigenvalue weighted by molar-refractivity contribution is 7.89. The molecule has 2 aromatic rings. The molecular weight excluding hydrogens is 313 g/mol. The van der Waals surface area contributed by atoms with Crippen LogP contribution in [-0.2, 0) is 16.4 Å². The summed E-state index contributed by atoms with van der Waals surface area (Å²) >= 11 is 5.89. The minimum Gasteiger partial charge on any atom is -0.208 e. The maximum absolute atomic E-state index is 13.6. The molecule has 0 aromatic heterocycles. The number of rotatable bonds is 5. The second kappa shape index (κ2) is 6.56. The molecule has 0 saturated heterocycles. The molecule has 2 aromatic carbocycles. The van der Waals surface area contributed by atoms with E-state index in [4.69, 9.17) is 11.6 Å². The van der Waals surface area contributed by atoms with E-state index in [1.807, 2.05) is 6.07 Å². The van der Waals surface area contributed by atoms with Gasteiger partial charge in [-0.25, -0.2) is 17.5 Å². The molecule has 0 radical (unpaired) electrons. The summed E-state index contributed by atoms with van der Waals surface area (Å²) in [5, 5.41) is 0.594. The predicted molar refractivity (Wildman–Crippen MR) is 81.3 cm³/mol. The Labute approximate surface area is 128 Å². The van der Waals surface area contributed by atoms with Gasteiger partial charge in [0.2, 0.25) is 10.0 Å². The van der Waals surface area contributed by atoms with Gasteiger partial charge in [0.1, 0.15) is 10.7 Å². The lowest BCUT2D eigenvalue weighted by Gasteiger charge is -2.15. The van der Waals surface area contributed by atoms with Crippen LogP contribution in [0.15, 0.2) is 53.4 Å². The molecule has 1 unspecified atom stereocenters. The fourth-order valence-corrected chi connectivity index (χ4v) is 3.59. The number of nitrogens with one attached hydrogen (secondary N) is 1. The fourth-order valence-electron chi connectivity index (χ4n) is 2.05. The highest BCUT2D eigenvalue weighted by atomic mass is 35.5. The van der Waals surface area contributed by atoms with Gasteiger partial charge in [-0.1, -0.05) is 35.9 Å². The van der Waals surface area contributed by atoms with Gasteiger partial charge >= 0.3 is 0 Å². The zero-order valence-electron chi connectivity index (χ0n) is 11.4. The van der Waals surface area contributed by atoms with Crippen molar-refractivity contribution >= 4 is 21.6 Å². The number of hydrogen-bond acceptors (Lipinski definition) is 2. The molecule has 6 heteroatoms. The third kappa shape index (κ3) is 4.27. The van der Waals surface area contributed by atoms with Crippen molar-refractivity contribution in [3.63, 3.8) is 0 Å². The Morgan fingerprint density at radius 3 is 2.57 bits per heavy atom. The third-order valence-electron chi connectivity index (χ3n) is 2.91. The largest absolute Gasteiger partial charge is 0.243 e. The van der Waals surface area contributed by atoms with E-state index in [2.05, 4.69) is 4.72 Å². The first-order valence-corrected chi connectivity index (χ1v) is 8.26. The van der Waals surface area contributed by atoms with Crippen LogP contribution in [0.2, 0.25) is 5.02 Å². The van der Waals surface area contributed by atoms with Gasteiger partial charge in [-0.15, -0.1) is 0 Å². The standard InChI is InChI=1S/C15H15ClFNO2S/c1-11(9-12-5-4-6-13(16)10-12)18-21(19,20)15-8-3-2-7-14(15)17/h2-8,10-11,18H,9H2,1H3. The molecule has 0 fully saturated rings. The number of halogens is 2. The second-order valence-corrected chi connectivity index (χ2v) is 6.91. The van der Waals surface area contributed by atoms with Crippen LogP contribution in [0.25, 0.3) is 0 Å². The Morgan fingerprint density at radius 1 is 1.19 bits per heavy atom. The lowest BCUT2D eigenvalue weighted by molar-refractivity contribution is 0.542. The van der Waals surface area contributed by atoms with Crippen molar-refractivity contribution in [2.45, 2.75) is 24.3 Å². The van der Waals surface area contributed by atoms with Gasteiger partial charge in [-0.2, -0.15) is 0 Å². The molecule has 0 aliphatic rings. The van der Waals surface area contributed by atoms with Gasteiger partial charge in [0.25, 0.3) is 0 Å². The van der Waals surface area contributed by atoms with Crippen molar-refractivity contribution < 1.29 is 12.8 Å². The molecule has 1 atom stereocenters. The minimum atomic E-state index is -3.88. The van der Waals surface area contributed by atoms with E-state index in [1.54, 1.807) is 25.1 Å². The molecule has 0 saturated carbocycles. The summed E-state index contributed by atoms with van der Waals surface area (Å²) in [6.45, 7) is 1.72. The first kappa shape index (κ1) is 15.9. The van der Waals surface area contributed by atoms with Gasteiger partial charge in [0, 0.05) is 11.1 Å². The van der Waals surface area contributed by atoms with Crippen LogP contribution in [0, 0.1) is 5.82 Å². The highest BCUT2D eigenvalue weighted by Crippen LogP contribution is 2.16. The summed E-state index contributed by atoms with van der Waals surface area (Å²) in [6.07, 6.45) is 0.467. The topological polar surface area (TPSA) is 46.2 Å². The number of sulfonamides is 1. The maximum Gasteiger partial charge on any atom is 0.243 e. The predicted octanol–water partition coefficient (Wildman–Crippen LogP) is 3.39. The summed E-state index contributed by atoms with van der Waals surface area (Å²) in [6, 6.07) is 12.1. The number of hydrogen-bond donors (Lipinski definition) is 1. The SMILES string of the molecule is CC(Cc1cccc(Cl)c1)NS(=O)(=O)c1ccccc1F. The van der Waals surface area contributed by atoms with E-state index in [9.17, 15) is 12.8 Å². The molecule has 0 bridgehead atoms. The van der Waals surface area contributed by atoms with Crippen molar-refractivity contribution in [2.24, 2.45) is 0 Å². The minimum absolute atomic E-state index is 0.344. The van der Waals surface area contributed by atoms with Crippen LogP contribution in [0.1, 0.15) is 12.5 Å². The summed E-state index contributed by atoms with van der Waals surface area (Å²) in [5.41, 5.74) is 0.909. The van der Waals surface area contributed by atoms with Crippen LogP contribution in [0.3, 0.4) is 0 Å². The highest BCUT2D eigenvalue weighted by Gasteiger charge is 2.20. The quantitative estimate of drug-likeness (QED) is 0.915. The molecule has 1 N–H and O–H groups in total. The molecule has 2 rings (SSSR count). The van der Waals surface area contributed by atoms with Crippen molar-refractivity contribution in [3.05, 3.63) is 64.9 Å². The summed E-state index contributed by atoms with van der Waals surface area (Å²) < 4.78 is 40.3. The van der Waals surface area contributed by atoms with Gasteiger partial charge in [0.15, 0.2) is 0 Å². The molecule has 0 spiro atoms. The van der Waals surface area contributed by atoms with E-state index in [0.29, 0.717) is 11.4 Å². The molecule has 0 heterocycles. The monoisotopic (exact) mass is 327 g/mol. The number of benzene rings is 2. The zero-order chi connectivity index (χ0) is 15.5. The summed E-state index contributed by atoms with van der Waals surface area (Å²) in [7, 11) is -3.88. The maximum atomic E-state index is 13.6. The molecule has 21 heavy (non-hydrogen) atoms. The Morgan fingerprint density at radius 2 is 1.90 bits per heavy atom. The van der Waals surface area contributed by atoms with Gasteiger partial charge < -0.3 is 0 Å². The van der Waals surface area contributed by atoms with Gasteiger partial charge in [-0.05, 0) is 43.2 Å². The van der Waals surface area contributed by atoms with Crippen LogP contribution in [0.5, 0.6) is 0 Å². The Hall–Kier alpha value is -1.43. The van der Waals surface area contributed by atoms with E-state index in [1.165, 1.54) is 18.2 Å². The lowest BCUT2D eigenvalue weighted by atomic mass is 10.1. The fraction of sp³-hybridized carbons (Fsp3) is 0.200. The van der Waals surface area contributed by atoms with E-state index in [0.717, 1.165) is 11.6 Å². The summed E-state index contributed by atoms with van der Waals surface area (Å²) in [4.78, 5) is -0.344. The molecule has 3 nitrogen and oxygen atoms in total. The Bertz CT molecular complexity index is 734. The van der Waals surface area contributed by atoms with Gasteiger partial charge in [-0.3, -0.25) is 0 Å². The van der Waals surface area contributed by atoms with Gasteiger partial charge in [0.05, 0.1) is 0 Å².